The molecule has 184 valence electrons. The molecule has 1 aliphatic carbocycles. The lowest BCUT2D eigenvalue weighted by Gasteiger charge is -2.42. The van der Waals surface area contributed by atoms with Crippen molar-refractivity contribution in [2.75, 3.05) is 11.9 Å². The number of hydrogen-bond donors (Lipinski definition) is 2. The molecule has 0 spiro atoms. The summed E-state index contributed by atoms with van der Waals surface area (Å²) in [5, 5.41) is 5.52. The van der Waals surface area contributed by atoms with Gasteiger partial charge in [-0.05, 0) is 76.3 Å². The van der Waals surface area contributed by atoms with Crippen molar-refractivity contribution in [3.8, 4) is 12.3 Å². The second-order valence-electron chi connectivity index (χ2n) is 9.71. The Bertz CT molecular complexity index is 1110. The monoisotopic (exact) mass is 475 g/mol. The zero-order chi connectivity index (χ0) is 25.6. The van der Waals surface area contributed by atoms with E-state index in [1.165, 1.54) is 0 Å². The lowest BCUT2D eigenvalue weighted by molar-refractivity contribution is -0.143. The SMILES string of the molecule is C#Cc1ccc(C(C(=O)Nc2ccccc2C)N(C(=O)CNC(=O)OC(C)(C)C)C2CCC2)cc1. The number of anilines is 1. The van der Waals surface area contributed by atoms with Crippen molar-refractivity contribution in [3.05, 3.63) is 65.2 Å². The van der Waals surface area contributed by atoms with Gasteiger partial charge in [0.1, 0.15) is 18.2 Å². The van der Waals surface area contributed by atoms with Crippen LogP contribution in [0.1, 0.15) is 62.8 Å². The molecular weight excluding hydrogens is 442 g/mol. The summed E-state index contributed by atoms with van der Waals surface area (Å²) in [6.07, 6.45) is 7.37. The number of aryl methyl sites for hydroxylation is 1. The fourth-order valence-electron chi connectivity index (χ4n) is 3.89. The Kier molecular flexibility index (Phi) is 8.18. The molecule has 0 heterocycles. The summed E-state index contributed by atoms with van der Waals surface area (Å²) in [5.74, 6) is 1.89. The van der Waals surface area contributed by atoms with E-state index in [9.17, 15) is 14.4 Å². The minimum absolute atomic E-state index is 0.108. The maximum absolute atomic E-state index is 13.7. The summed E-state index contributed by atoms with van der Waals surface area (Å²) in [7, 11) is 0. The molecule has 3 amide bonds. The van der Waals surface area contributed by atoms with Crippen molar-refractivity contribution in [3.63, 3.8) is 0 Å². The van der Waals surface area contributed by atoms with Crippen LogP contribution in [0.15, 0.2) is 48.5 Å². The smallest absolute Gasteiger partial charge is 0.408 e. The fraction of sp³-hybridized carbons (Fsp3) is 0.393. The summed E-state index contributed by atoms with van der Waals surface area (Å²) in [4.78, 5) is 40.9. The van der Waals surface area contributed by atoms with Crippen LogP contribution >= 0.6 is 0 Å². The van der Waals surface area contributed by atoms with Gasteiger partial charge in [-0.2, -0.15) is 0 Å². The Hall–Kier alpha value is -3.79. The summed E-state index contributed by atoms with van der Waals surface area (Å²) in [6, 6.07) is 13.5. The van der Waals surface area contributed by atoms with Crippen molar-refractivity contribution in [1.29, 1.82) is 0 Å². The van der Waals surface area contributed by atoms with E-state index < -0.39 is 17.7 Å². The Labute approximate surface area is 207 Å². The molecule has 3 rings (SSSR count). The fourth-order valence-corrected chi connectivity index (χ4v) is 3.89. The summed E-state index contributed by atoms with van der Waals surface area (Å²) in [6.45, 7) is 6.89. The number of amides is 3. The molecule has 0 aliphatic heterocycles. The maximum atomic E-state index is 13.7. The first-order valence-electron chi connectivity index (χ1n) is 11.8. The molecule has 35 heavy (non-hydrogen) atoms. The molecule has 0 radical (unpaired) electrons. The third-order valence-corrected chi connectivity index (χ3v) is 5.86. The van der Waals surface area contributed by atoms with Gasteiger partial charge < -0.3 is 20.3 Å². The average molecular weight is 476 g/mol. The van der Waals surface area contributed by atoms with E-state index in [1.54, 1.807) is 49.9 Å². The van der Waals surface area contributed by atoms with Crippen LogP contribution in [0.2, 0.25) is 0 Å². The molecule has 1 unspecified atom stereocenters. The van der Waals surface area contributed by atoms with Gasteiger partial charge in [0.2, 0.25) is 5.91 Å². The molecule has 7 nitrogen and oxygen atoms in total. The van der Waals surface area contributed by atoms with Gasteiger partial charge >= 0.3 is 6.09 Å². The molecule has 0 saturated heterocycles. The zero-order valence-electron chi connectivity index (χ0n) is 20.8. The number of nitrogens with one attached hydrogen (secondary N) is 2. The van der Waals surface area contributed by atoms with E-state index in [0.717, 1.165) is 24.8 Å². The van der Waals surface area contributed by atoms with Crippen LogP contribution in [0.4, 0.5) is 10.5 Å². The first-order valence-corrected chi connectivity index (χ1v) is 11.8. The van der Waals surface area contributed by atoms with Crippen LogP contribution in [-0.4, -0.2) is 41.0 Å². The topological polar surface area (TPSA) is 87.7 Å². The quantitative estimate of drug-likeness (QED) is 0.575. The number of hydrogen-bond acceptors (Lipinski definition) is 4. The minimum atomic E-state index is -0.889. The van der Waals surface area contributed by atoms with Crippen molar-refractivity contribution >= 4 is 23.6 Å². The highest BCUT2D eigenvalue weighted by molar-refractivity contribution is 5.99. The normalized spacial score (nSPS) is 14.1. The molecular formula is C28H33N3O4. The van der Waals surface area contributed by atoms with E-state index >= 15 is 0 Å². The first-order chi connectivity index (χ1) is 16.6. The number of nitrogens with zero attached hydrogens (tertiary/aromatic N) is 1. The molecule has 2 aromatic carbocycles. The molecule has 0 aromatic heterocycles. The zero-order valence-corrected chi connectivity index (χ0v) is 20.8. The van der Waals surface area contributed by atoms with E-state index in [1.807, 2.05) is 31.2 Å². The van der Waals surface area contributed by atoms with E-state index in [2.05, 4.69) is 16.6 Å². The van der Waals surface area contributed by atoms with Crippen molar-refractivity contribution in [1.82, 2.24) is 10.2 Å². The van der Waals surface area contributed by atoms with Gasteiger partial charge in [0, 0.05) is 17.3 Å². The molecule has 1 fully saturated rings. The number of alkyl carbamates (subject to hydrolysis) is 1. The van der Waals surface area contributed by atoms with Gasteiger partial charge in [-0.3, -0.25) is 9.59 Å². The highest BCUT2D eigenvalue weighted by atomic mass is 16.6. The molecule has 7 heteroatoms. The van der Waals surface area contributed by atoms with Gasteiger partial charge in [0.15, 0.2) is 0 Å². The van der Waals surface area contributed by atoms with E-state index in [4.69, 9.17) is 11.2 Å². The maximum Gasteiger partial charge on any atom is 0.408 e. The number of para-hydroxylation sites is 1. The van der Waals surface area contributed by atoms with Gasteiger partial charge in [-0.1, -0.05) is 36.3 Å². The van der Waals surface area contributed by atoms with Crippen LogP contribution in [0.3, 0.4) is 0 Å². The Morgan fingerprint density at radius 1 is 1.11 bits per heavy atom. The van der Waals surface area contributed by atoms with Crippen LogP contribution < -0.4 is 10.6 Å². The van der Waals surface area contributed by atoms with Gasteiger partial charge in [0.25, 0.3) is 5.91 Å². The highest BCUT2D eigenvalue weighted by Crippen LogP contribution is 2.34. The third kappa shape index (κ3) is 6.86. The van der Waals surface area contributed by atoms with Crippen molar-refractivity contribution in [2.45, 2.75) is 64.6 Å². The second-order valence-corrected chi connectivity index (χ2v) is 9.71. The Balaban J connectivity index is 1.91. The molecule has 1 saturated carbocycles. The number of terminal acetylenes is 1. The predicted octanol–water partition coefficient (Wildman–Crippen LogP) is 4.56. The lowest BCUT2D eigenvalue weighted by atomic mass is 9.88. The first kappa shape index (κ1) is 25.8. The van der Waals surface area contributed by atoms with Crippen LogP contribution in [0, 0.1) is 19.3 Å². The summed E-state index contributed by atoms with van der Waals surface area (Å²) < 4.78 is 5.26. The minimum Gasteiger partial charge on any atom is -0.444 e. The van der Waals surface area contributed by atoms with Gasteiger partial charge in [-0.15, -0.1) is 6.42 Å². The Morgan fingerprint density at radius 2 is 1.77 bits per heavy atom. The number of rotatable bonds is 7. The van der Waals surface area contributed by atoms with Crippen LogP contribution in [0.25, 0.3) is 0 Å². The second kappa shape index (κ2) is 11.1. The number of carbonyl (C=O) groups excluding carboxylic acids is 3. The van der Waals surface area contributed by atoms with Crippen LogP contribution in [0.5, 0.6) is 0 Å². The van der Waals surface area contributed by atoms with Crippen molar-refractivity contribution in [2.24, 2.45) is 0 Å². The largest absolute Gasteiger partial charge is 0.444 e. The standard InChI is InChI=1S/C28H33N3O4/c1-6-20-14-16-21(17-15-20)25(26(33)30-23-13-8-7-10-19(23)2)31(22-11-9-12-22)24(32)18-29-27(34)35-28(3,4)5/h1,7-8,10,13-17,22,25H,9,11-12,18H2,2-5H3,(H,29,34)(H,30,33). The lowest BCUT2D eigenvalue weighted by Crippen LogP contribution is -2.53. The van der Waals surface area contributed by atoms with E-state index in [0.29, 0.717) is 16.8 Å². The molecule has 0 bridgehead atoms. The number of ether oxygens (including phenoxy) is 1. The molecule has 1 aliphatic rings. The molecule has 2 N–H and O–H groups in total. The van der Waals surface area contributed by atoms with E-state index in [-0.39, 0.29) is 24.4 Å². The third-order valence-electron chi connectivity index (χ3n) is 5.86. The molecule has 1 atom stereocenters. The summed E-state index contributed by atoms with van der Waals surface area (Å²) >= 11 is 0. The van der Waals surface area contributed by atoms with Gasteiger partial charge in [-0.25, -0.2) is 4.79 Å². The molecule has 2 aromatic rings. The highest BCUT2D eigenvalue weighted by Gasteiger charge is 2.39. The van der Waals surface area contributed by atoms with Crippen LogP contribution in [-0.2, 0) is 14.3 Å². The summed E-state index contributed by atoms with van der Waals surface area (Å²) in [5.41, 5.74) is 2.23. The predicted molar refractivity (Wildman–Crippen MR) is 136 cm³/mol. The van der Waals surface area contributed by atoms with Gasteiger partial charge in [0.05, 0.1) is 0 Å². The number of benzene rings is 2. The number of carbonyl (C=O) groups is 3. The average Bonchev–Trinajstić information content (AvgIpc) is 2.76. The van der Waals surface area contributed by atoms with Crippen molar-refractivity contribution < 1.29 is 19.1 Å². The Morgan fingerprint density at radius 3 is 2.31 bits per heavy atom.